The van der Waals surface area contributed by atoms with E-state index >= 15 is 0 Å². The minimum Gasteiger partial charge on any atom is -0.396 e. The number of hydrogen-bond donors (Lipinski definition) is 2. The van der Waals surface area contributed by atoms with Gasteiger partial charge >= 0.3 is 0 Å². The van der Waals surface area contributed by atoms with E-state index in [4.69, 9.17) is 11.6 Å². The number of aliphatic hydroxyl groups excluding tert-OH is 1. The first-order valence-corrected chi connectivity index (χ1v) is 7.24. The second kappa shape index (κ2) is 7.02. The molecule has 110 valence electrons. The standard InChI is InChI=1S/C14H19ClN2O3/c15-13-5-2-6-14(17(19)20)12(13)8-16-7-10-3-1-4-11(10)9-18/h2,5-6,10-11,16,18H,1,3-4,7-9H2. The van der Waals surface area contributed by atoms with E-state index < -0.39 is 4.92 Å². The SMILES string of the molecule is O=[N+]([O-])c1cccc(Cl)c1CNCC1CCCC1CO. The smallest absolute Gasteiger partial charge is 0.275 e. The Balaban J connectivity index is 1.96. The third kappa shape index (κ3) is 3.48. The fourth-order valence-electron chi connectivity index (χ4n) is 2.90. The maximum absolute atomic E-state index is 11.0. The van der Waals surface area contributed by atoms with Crippen LogP contribution in [0.4, 0.5) is 5.69 Å². The molecule has 2 rings (SSSR count). The Morgan fingerprint density at radius 2 is 2.15 bits per heavy atom. The fourth-order valence-corrected chi connectivity index (χ4v) is 3.13. The molecule has 0 amide bonds. The van der Waals surface area contributed by atoms with Crippen molar-refractivity contribution in [2.45, 2.75) is 25.8 Å². The van der Waals surface area contributed by atoms with E-state index in [0.717, 1.165) is 25.8 Å². The van der Waals surface area contributed by atoms with Gasteiger partial charge in [0.2, 0.25) is 0 Å². The fraction of sp³-hybridized carbons (Fsp3) is 0.571. The molecule has 1 aliphatic rings. The molecule has 2 atom stereocenters. The highest BCUT2D eigenvalue weighted by atomic mass is 35.5. The molecule has 0 radical (unpaired) electrons. The van der Waals surface area contributed by atoms with Crippen LogP contribution in [0.1, 0.15) is 24.8 Å². The molecular formula is C14H19ClN2O3. The van der Waals surface area contributed by atoms with E-state index in [0.29, 0.717) is 29.0 Å². The van der Waals surface area contributed by atoms with Crippen molar-refractivity contribution in [3.8, 4) is 0 Å². The van der Waals surface area contributed by atoms with Gasteiger partial charge in [-0.25, -0.2) is 0 Å². The molecule has 6 heteroatoms. The van der Waals surface area contributed by atoms with Crippen LogP contribution in [0.3, 0.4) is 0 Å². The molecule has 0 aliphatic heterocycles. The summed E-state index contributed by atoms with van der Waals surface area (Å²) in [7, 11) is 0. The number of halogens is 1. The van der Waals surface area contributed by atoms with Crippen LogP contribution in [0.15, 0.2) is 18.2 Å². The molecule has 1 aromatic carbocycles. The van der Waals surface area contributed by atoms with Crippen molar-refractivity contribution in [2.24, 2.45) is 11.8 Å². The van der Waals surface area contributed by atoms with Gasteiger partial charge in [0.05, 0.1) is 15.5 Å². The molecule has 1 saturated carbocycles. The van der Waals surface area contributed by atoms with Gasteiger partial charge in [0.25, 0.3) is 5.69 Å². The van der Waals surface area contributed by atoms with E-state index in [9.17, 15) is 15.2 Å². The van der Waals surface area contributed by atoms with Crippen LogP contribution >= 0.6 is 11.6 Å². The van der Waals surface area contributed by atoms with E-state index in [1.807, 2.05) is 0 Å². The molecule has 2 N–H and O–H groups in total. The summed E-state index contributed by atoms with van der Waals surface area (Å²) >= 11 is 6.04. The second-order valence-electron chi connectivity index (χ2n) is 5.26. The van der Waals surface area contributed by atoms with Gasteiger partial charge in [-0.05, 0) is 37.3 Å². The van der Waals surface area contributed by atoms with Crippen LogP contribution in [-0.2, 0) is 6.54 Å². The number of aliphatic hydroxyl groups is 1. The van der Waals surface area contributed by atoms with Crippen molar-refractivity contribution >= 4 is 17.3 Å². The van der Waals surface area contributed by atoms with Crippen molar-refractivity contribution < 1.29 is 10.0 Å². The molecule has 20 heavy (non-hydrogen) atoms. The van der Waals surface area contributed by atoms with Crippen LogP contribution in [0.5, 0.6) is 0 Å². The lowest BCUT2D eigenvalue weighted by molar-refractivity contribution is -0.385. The molecule has 0 saturated heterocycles. The summed E-state index contributed by atoms with van der Waals surface area (Å²) in [6.45, 7) is 1.36. The Kier molecular flexibility index (Phi) is 5.34. The Labute approximate surface area is 123 Å². The zero-order valence-corrected chi connectivity index (χ0v) is 12.0. The quantitative estimate of drug-likeness (QED) is 0.625. The summed E-state index contributed by atoms with van der Waals surface area (Å²) in [5.41, 5.74) is 0.577. The van der Waals surface area contributed by atoms with Crippen molar-refractivity contribution in [1.82, 2.24) is 5.32 Å². The maximum atomic E-state index is 11.0. The number of nitrogens with zero attached hydrogens (tertiary/aromatic N) is 1. The molecular weight excluding hydrogens is 280 g/mol. The van der Waals surface area contributed by atoms with E-state index in [2.05, 4.69) is 5.32 Å². The molecule has 0 heterocycles. The average Bonchev–Trinajstić information content (AvgIpc) is 2.87. The van der Waals surface area contributed by atoms with Crippen molar-refractivity contribution in [1.29, 1.82) is 0 Å². The summed E-state index contributed by atoms with van der Waals surface area (Å²) < 4.78 is 0. The number of hydrogen-bond acceptors (Lipinski definition) is 4. The van der Waals surface area contributed by atoms with Gasteiger partial charge in [-0.3, -0.25) is 10.1 Å². The third-order valence-electron chi connectivity index (χ3n) is 4.05. The first-order valence-electron chi connectivity index (χ1n) is 6.86. The molecule has 1 aliphatic carbocycles. The molecule has 1 aromatic rings. The highest BCUT2D eigenvalue weighted by Crippen LogP contribution is 2.31. The number of nitrogens with one attached hydrogen (secondary N) is 1. The first-order chi connectivity index (χ1) is 9.63. The highest BCUT2D eigenvalue weighted by Gasteiger charge is 2.26. The lowest BCUT2D eigenvalue weighted by Crippen LogP contribution is -2.26. The Morgan fingerprint density at radius 1 is 1.40 bits per heavy atom. The van der Waals surface area contributed by atoms with E-state index in [-0.39, 0.29) is 12.3 Å². The largest absolute Gasteiger partial charge is 0.396 e. The average molecular weight is 299 g/mol. The second-order valence-corrected chi connectivity index (χ2v) is 5.67. The maximum Gasteiger partial charge on any atom is 0.275 e. The Hall–Kier alpha value is -1.17. The predicted molar refractivity (Wildman–Crippen MR) is 77.7 cm³/mol. The molecule has 0 bridgehead atoms. The number of benzene rings is 1. The lowest BCUT2D eigenvalue weighted by Gasteiger charge is -2.18. The molecule has 2 unspecified atom stereocenters. The topological polar surface area (TPSA) is 75.4 Å². The van der Waals surface area contributed by atoms with Gasteiger partial charge < -0.3 is 10.4 Å². The third-order valence-corrected chi connectivity index (χ3v) is 4.40. The van der Waals surface area contributed by atoms with Crippen LogP contribution < -0.4 is 5.32 Å². The lowest BCUT2D eigenvalue weighted by atomic mass is 9.97. The number of nitro groups is 1. The van der Waals surface area contributed by atoms with Crippen LogP contribution in [0, 0.1) is 22.0 Å². The number of nitro benzene ring substituents is 1. The monoisotopic (exact) mass is 298 g/mol. The molecule has 0 aromatic heterocycles. The normalized spacial score (nSPS) is 22.1. The predicted octanol–water partition coefficient (Wildman–Crippen LogP) is 2.75. The van der Waals surface area contributed by atoms with Crippen molar-refractivity contribution in [3.05, 3.63) is 38.9 Å². The zero-order chi connectivity index (χ0) is 14.5. The Morgan fingerprint density at radius 3 is 2.85 bits per heavy atom. The van der Waals surface area contributed by atoms with Gasteiger partial charge in [-0.1, -0.05) is 24.1 Å². The zero-order valence-electron chi connectivity index (χ0n) is 11.2. The summed E-state index contributed by atoms with van der Waals surface area (Å²) in [4.78, 5) is 10.6. The van der Waals surface area contributed by atoms with E-state index in [1.165, 1.54) is 6.07 Å². The first kappa shape index (κ1) is 15.2. The van der Waals surface area contributed by atoms with Gasteiger partial charge in [-0.15, -0.1) is 0 Å². The van der Waals surface area contributed by atoms with Crippen LogP contribution in [0.2, 0.25) is 5.02 Å². The summed E-state index contributed by atoms with van der Waals surface area (Å²) in [5, 5.41) is 23.9. The van der Waals surface area contributed by atoms with Crippen molar-refractivity contribution in [3.63, 3.8) is 0 Å². The molecule has 5 nitrogen and oxygen atoms in total. The Bertz CT molecular complexity index is 481. The highest BCUT2D eigenvalue weighted by molar-refractivity contribution is 6.31. The van der Waals surface area contributed by atoms with Gasteiger partial charge in [-0.2, -0.15) is 0 Å². The summed E-state index contributed by atoms with van der Waals surface area (Å²) in [5.74, 6) is 0.797. The minimum absolute atomic E-state index is 0.0510. The van der Waals surface area contributed by atoms with Crippen molar-refractivity contribution in [2.75, 3.05) is 13.2 Å². The minimum atomic E-state index is -0.408. The molecule has 1 fully saturated rings. The van der Waals surface area contributed by atoms with Crippen LogP contribution in [0.25, 0.3) is 0 Å². The van der Waals surface area contributed by atoms with Crippen LogP contribution in [-0.4, -0.2) is 23.2 Å². The van der Waals surface area contributed by atoms with E-state index in [1.54, 1.807) is 12.1 Å². The van der Waals surface area contributed by atoms with Gasteiger partial charge in [0.15, 0.2) is 0 Å². The molecule has 0 spiro atoms. The number of rotatable bonds is 6. The summed E-state index contributed by atoms with van der Waals surface area (Å²) in [6.07, 6.45) is 3.31. The van der Waals surface area contributed by atoms with Gasteiger partial charge in [0, 0.05) is 19.2 Å². The van der Waals surface area contributed by atoms with Gasteiger partial charge in [0.1, 0.15) is 0 Å². The summed E-state index contributed by atoms with van der Waals surface area (Å²) in [6, 6.07) is 4.72.